The Bertz CT molecular complexity index is 885. The summed E-state index contributed by atoms with van der Waals surface area (Å²) in [6.07, 6.45) is 5.49. The van der Waals surface area contributed by atoms with Crippen LogP contribution in [0.2, 0.25) is 0 Å². The van der Waals surface area contributed by atoms with Gasteiger partial charge in [0.1, 0.15) is 22.0 Å². The molecule has 0 saturated heterocycles. The number of carbonyl (C=O) groups is 1. The van der Waals surface area contributed by atoms with Crippen molar-refractivity contribution in [2.24, 2.45) is 0 Å². The van der Waals surface area contributed by atoms with Crippen molar-refractivity contribution in [1.82, 2.24) is 20.3 Å². The fraction of sp³-hybridized carbons (Fsp3) is 0.375. The molecule has 1 aliphatic rings. The average Bonchev–Trinajstić information content (AvgIpc) is 3.09. The number of thiazole rings is 1. The summed E-state index contributed by atoms with van der Waals surface area (Å²) in [5.74, 6) is 0.749. The minimum atomic E-state index is -0.00285. The molecular formula is C16H17N5OS2. The molecule has 3 aromatic rings. The standard InChI is InChI=1S/C16H17N5OS2/c1-8-11-13(20-9(2)15-17-5-6-23-15)18-7-19-16(11)24-12(8)14(22)21-10-3-4-10/h5-7,9-10H,3-4H2,1-2H3,(H,21,22)(H,18,19,20). The van der Waals surface area contributed by atoms with Gasteiger partial charge in [-0.25, -0.2) is 15.0 Å². The molecule has 4 rings (SSSR count). The highest BCUT2D eigenvalue weighted by Crippen LogP contribution is 2.35. The van der Waals surface area contributed by atoms with Crippen molar-refractivity contribution in [2.75, 3.05) is 5.32 Å². The number of aryl methyl sites for hydroxylation is 1. The Morgan fingerprint density at radius 3 is 2.88 bits per heavy atom. The lowest BCUT2D eigenvalue weighted by Gasteiger charge is -2.12. The summed E-state index contributed by atoms with van der Waals surface area (Å²) < 4.78 is 0. The third-order valence-corrected chi connectivity index (χ3v) is 6.18. The summed E-state index contributed by atoms with van der Waals surface area (Å²) in [5, 5.41) is 10.3. The molecule has 0 aromatic carbocycles. The maximum atomic E-state index is 12.4. The maximum Gasteiger partial charge on any atom is 0.261 e. The van der Waals surface area contributed by atoms with Gasteiger partial charge >= 0.3 is 0 Å². The van der Waals surface area contributed by atoms with Crippen molar-refractivity contribution >= 4 is 44.6 Å². The zero-order valence-corrected chi connectivity index (χ0v) is 15.0. The molecule has 0 radical (unpaired) electrons. The molecule has 3 aromatic heterocycles. The molecule has 0 aliphatic heterocycles. The van der Waals surface area contributed by atoms with Gasteiger partial charge in [0, 0.05) is 17.6 Å². The van der Waals surface area contributed by atoms with Crippen molar-refractivity contribution in [3.8, 4) is 0 Å². The van der Waals surface area contributed by atoms with E-state index in [0.717, 1.165) is 44.3 Å². The zero-order chi connectivity index (χ0) is 16.7. The smallest absolute Gasteiger partial charge is 0.261 e. The number of hydrogen-bond acceptors (Lipinski definition) is 7. The molecule has 1 unspecified atom stereocenters. The second-order valence-electron chi connectivity index (χ2n) is 5.94. The predicted molar refractivity (Wildman–Crippen MR) is 96.8 cm³/mol. The Kier molecular flexibility index (Phi) is 3.93. The summed E-state index contributed by atoms with van der Waals surface area (Å²) in [5.41, 5.74) is 0.933. The van der Waals surface area contributed by atoms with Crippen LogP contribution in [0.15, 0.2) is 17.9 Å². The second kappa shape index (κ2) is 6.10. The Morgan fingerprint density at radius 2 is 2.17 bits per heavy atom. The summed E-state index contributed by atoms with van der Waals surface area (Å²) in [7, 11) is 0. The highest BCUT2D eigenvalue weighted by Gasteiger charge is 2.27. The first-order valence-electron chi connectivity index (χ1n) is 7.84. The van der Waals surface area contributed by atoms with Crippen molar-refractivity contribution in [2.45, 2.75) is 38.8 Å². The second-order valence-corrected chi connectivity index (χ2v) is 7.87. The largest absolute Gasteiger partial charge is 0.360 e. The van der Waals surface area contributed by atoms with Crippen LogP contribution in [0.1, 0.15) is 46.0 Å². The van der Waals surface area contributed by atoms with E-state index in [0.29, 0.717) is 6.04 Å². The highest BCUT2D eigenvalue weighted by atomic mass is 32.1. The van der Waals surface area contributed by atoms with Gasteiger partial charge in [0.15, 0.2) is 0 Å². The first kappa shape index (κ1) is 15.5. The molecule has 0 spiro atoms. The van der Waals surface area contributed by atoms with E-state index in [2.05, 4.69) is 32.5 Å². The van der Waals surface area contributed by atoms with E-state index in [4.69, 9.17) is 0 Å². The topological polar surface area (TPSA) is 79.8 Å². The Morgan fingerprint density at radius 1 is 1.33 bits per heavy atom. The van der Waals surface area contributed by atoms with Gasteiger partial charge in [-0.05, 0) is 32.3 Å². The molecule has 0 bridgehead atoms. The highest BCUT2D eigenvalue weighted by molar-refractivity contribution is 7.20. The van der Waals surface area contributed by atoms with E-state index in [-0.39, 0.29) is 11.9 Å². The monoisotopic (exact) mass is 359 g/mol. The number of nitrogens with zero attached hydrogens (tertiary/aromatic N) is 3. The number of hydrogen-bond donors (Lipinski definition) is 2. The molecule has 8 heteroatoms. The molecule has 3 heterocycles. The van der Waals surface area contributed by atoms with Gasteiger partial charge in [-0.15, -0.1) is 22.7 Å². The van der Waals surface area contributed by atoms with Crippen LogP contribution in [-0.2, 0) is 0 Å². The Balaban J connectivity index is 1.68. The lowest BCUT2D eigenvalue weighted by Crippen LogP contribution is -2.25. The SMILES string of the molecule is Cc1c(C(=O)NC2CC2)sc2ncnc(NC(C)c3nccs3)c12. The number of aromatic nitrogens is 3. The molecule has 6 nitrogen and oxygen atoms in total. The van der Waals surface area contributed by atoms with Gasteiger partial charge in [-0.2, -0.15) is 0 Å². The minimum absolute atomic E-state index is 0.00285. The number of carbonyl (C=O) groups excluding carboxylic acids is 1. The minimum Gasteiger partial charge on any atom is -0.360 e. The van der Waals surface area contributed by atoms with E-state index < -0.39 is 0 Å². The van der Waals surface area contributed by atoms with Crippen LogP contribution in [0.3, 0.4) is 0 Å². The molecule has 1 aliphatic carbocycles. The molecule has 24 heavy (non-hydrogen) atoms. The first-order chi connectivity index (χ1) is 11.6. The quantitative estimate of drug-likeness (QED) is 0.728. The Labute approximate surface area is 147 Å². The van der Waals surface area contributed by atoms with Gasteiger partial charge in [0.05, 0.1) is 16.3 Å². The van der Waals surface area contributed by atoms with E-state index in [1.54, 1.807) is 17.5 Å². The number of thiophene rings is 1. The van der Waals surface area contributed by atoms with Crippen LogP contribution in [-0.4, -0.2) is 26.9 Å². The summed E-state index contributed by atoms with van der Waals surface area (Å²) in [6, 6.07) is 0.391. The molecule has 1 saturated carbocycles. The van der Waals surface area contributed by atoms with Crippen LogP contribution < -0.4 is 10.6 Å². The lowest BCUT2D eigenvalue weighted by molar-refractivity contribution is 0.0954. The third kappa shape index (κ3) is 2.87. The van der Waals surface area contributed by atoms with Gasteiger partial charge in [-0.1, -0.05) is 0 Å². The molecule has 1 amide bonds. The fourth-order valence-electron chi connectivity index (χ4n) is 2.59. The van der Waals surface area contributed by atoms with Crippen molar-refractivity contribution in [3.63, 3.8) is 0 Å². The number of rotatable bonds is 5. The van der Waals surface area contributed by atoms with Crippen molar-refractivity contribution in [3.05, 3.63) is 33.4 Å². The lowest BCUT2D eigenvalue weighted by atomic mass is 10.2. The van der Waals surface area contributed by atoms with Crippen LogP contribution >= 0.6 is 22.7 Å². The molecule has 1 fully saturated rings. The van der Waals surface area contributed by atoms with Gasteiger partial charge < -0.3 is 10.6 Å². The summed E-state index contributed by atoms with van der Waals surface area (Å²) in [6.45, 7) is 4.01. The number of nitrogens with one attached hydrogen (secondary N) is 2. The van der Waals surface area contributed by atoms with Crippen LogP contribution in [0.4, 0.5) is 5.82 Å². The fourth-order valence-corrected chi connectivity index (χ4v) is 4.29. The van der Waals surface area contributed by atoms with E-state index in [9.17, 15) is 4.79 Å². The summed E-state index contributed by atoms with van der Waals surface area (Å²) >= 11 is 3.03. The predicted octanol–water partition coefficient (Wildman–Crippen LogP) is 3.52. The van der Waals surface area contributed by atoms with Gasteiger partial charge in [0.2, 0.25) is 0 Å². The maximum absolute atomic E-state index is 12.4. The van der Waals surface area contributed by atoms with Crippen LogP contribution in [0, 0.1) is 6.92 Å². The van der Waals surface area contributed by atoms with Crippen LogP contribution in [0.25, 0.3) is 10.2 Å². The Hall–Kier alpha value is -2.06. The van der Waals surface area contributed by atoms with E-state index in [1.807, 2.05) is 12.3 Å². The van der Waals surface area contributed by atoms with E-state index in [1.165, 1.54) is 17.7 Å². The first-order valence-corrected chi connectivity index (χ1v) is 9.54. The number of fused-ring (bicyclic) bond motifs is 1. The van der Waals surface area contributed by atoms with Crippen molar-refractivity contribution < 1.29 is 4.79 Å². The normalized spacial score (nSPS) is 15.4. The molecule has 1 atom stereocenters. The summed E-state index contributed by atoms with van der Waals surface area (Å²) in [4.78, 5) is 27.1. The third-order valence-electron chi connectivity index (χ3n) is 4.02. The molecular weight excluding hydrogens is 342 g/mol. The van der Waals surface area contributed by atoms with Gasteiger partial charge in [-0.3, -0.25) is 4.79 Å². The number of amides is 1. The van der Waals surface area contributed by atoms with Gasteiger partial charge in [0.25, 0.3) is 5.91 Å². The number of anilines is 1. The molecule has 2 N–H and O–H groups in total. The van der Waals surface area contributed by atoms with E-state index >= 15 is 0 Å². The zero-order valence-electron chi connectivity index (χ0n) is 13.4. The average molecular weight is 359 g/mol. The van der Waals surface area contributed by atoms with Crippen molar-refractivity contribution in [1.29, 1.82) is 0 Å². The van der Waals surface area contributed by atoms with Crippen LogP contribution in [0.5, 0.6) is 0 Å². The molecule has 124 valence electrons.